The second-order valence-electron chi connectivity index (χ2n) is 4.40. The molecule has 0 aliphatic carbocycles. The van der Waals surface area contributed by atoms with E-state index in [1.165, 1.54) is 0 Å². The second kappa shape index (κ2) is 6.07. The van der Waals surface area contributed by atoms with Gasteiger partial charge in [-0.3, -0.25) is 4.79 Å². The molecule has 1 atom stereocenters. The van der Waals surface area contributed by atoms with Crippen LogP contribution in [0.15, 0.2) is 18.2 Å². The molecule has 1 fully saturated rings. The number of rotatable bonds is 4. The summed E-state index contributed by atoms with van der Waals surface area (Å²) in [5.74, 6) is 0.757. The average Bonchev–Trinajstić information content (AvgIpc) is 2.37. The van der Waals surface area contributed by atoms with Crippen molar-refractivity contribution < 1.29 is 9.53 Å². The molecule has 0 radical (unpaired) electrons. The summed E-state index contributed by atoms with van der Waals surface area (Å²) in [5, 5.41) is 6.68. The summed E-state index contributed by atoms with van der Waals surface area (Å²) in [5.41, 5.74) is 1.15. The fourth-order valence-corrected chi connectivity index (χ4v) is 2.35. The predicted molar refractivity (Wildman–Crippen MR) is 71.1 cm³/mol. The average molecular weight is 269 g/mol. The van der Waals surface area contributed by atoms with Gasteiger partial charge in [0.1, 0.15) is 5.75 Å². The Morgan fingerprint density at radius 1 is 1.50 bits per heavy atom. The highest BCUT2D eigenvalue weighted by atomic mass is 35.5. The van der Waals surface area contributed by atoms with E-state index < -0.39 is 0 Å². The van der Waals surface area contributed by atoms with Crippen molar-refractivity contribution in [3.63, 3.8) is 0 Å². The number of benzene rings is 1. The zero-order valence-corrected chi connectivity index (χ0v) is 11.1. The normalized spacial score (nSPS) is 19.4. The minimum Gasteiger partial charge on any atom is -0.495 e. The van der Waals surface area contributed by atoms with Gasteiger partial charge < -0.3 is 15.4 Å². The molecular weight excluding hydrogens is 252 g/mol. The summed E-state index contributed by atoms with van der Waals surface area (Å²) in [6, 6.07) is 5.99. The molecule has 1 saturated heterocycles. The largest absolute Gasteiger partial charge is 0.495 e. The highest BCUT2D eigenvalue weighted by Crippen LogP contribution is 2.25. The fraction of sp³-hybridized carbons (Fsp3) is 0.462. The SMILES string of the molecule is COc1ccc(CCC2CNCC(=O)N2)cc1Cl. The van der Waals surface area contributed by atoms with Crippen LogP contribution in [0.3, 0.4) is 0 Å². The molecule has 0 bridgehead atoms. The second-order valence-corrected chi connectivity index (χ2v) is 4.81. The van der Waals surface area contributed by atoms with Crippen LogP contribution in [0, 0.1) is 0 Å². The van der Waals surface area contributed by atoms with Crippen molar-refractivity contribution in [2.45, 2.75) is 18.9 Å². The monoisotopic (exact) mass is 268 g/mol. The van der Waals surface area contributed by atoms with Crippen LogP contribution in [0.25, 0.3) is 0 Å². The molecule has 2 rings (SSSR count). The van der Waals surface area contributed by atoms with Crippen molar-refractivity contribution in [1.29, 1.82) is 0 Å². The van der Waals surface area contributed by atoms with E-state index in [1.54, 1.807) is 7.11 Å². The number of nitrogens with one attached hydrogen (secondary N) is 2. The third-order valence-electron chi connectivity index (χ3n) is 3.04. The van der Waals surface area contributed by atoms with Crippen LogP contribution < -0.4 is 15.4 Å². The van der Waals surface area contributed by atoms with Crippen LogP contribution >= 0.6 is 11.6 Å². The van der Waals surface area contributed by atoms with Gasteiger partial charge >= 0.3 is 0 Å². The van der Waals surface area contributed by atoms with Crippen molar-refractivity contribution in [3.05, 3.63) is 28.8 Å². The molecule has 4 nitrogen and oxygen atoms in total. The predicted octanol–water partition coefficient (Wildman–Crippen LogP) is 1.37. The zero-order chi connectivity index (χ0) is 13.0. The van der Waals surface area contributed by atoms with E-state index in [2.05, 4.69) is 10.6 Å². The molecule has 18 heavy (non-hydrogen) atoms. The van der Waals surface area contributed by atoms with E-state index in [9.17, 15) is 4.79 Å². The summed E-state index contributed by atoms with van der Waals surface area (Å²) in [4.78, 5) is 11.2. The number of carbonyl (C=O) groups is 1. The van der Waals surface area contributed by atoms with Gasteiger partial charge in [-0.25, -0.2) is 0 Å². The first-order valence-corrected chi connectivity index (χ1v) is 6.39. The quantitative estimate of drug-likeness (QED) is 0.867. The van der Waals surface area contributed by atoms with Crippen LogP contribution in [0.4, 0.5) is 0 Å². The van der Waals surface area contributed by atoms with Gasteiger partial charge in [0, 0.05) is 12.6 Å². The third-order valence-corrected chi connectivity index (χ3v) is 3.33. The Morgan fingerprint density at radius 2 is 2.33 bits per heavy atom. The minimum absolute atomic E-state index is 0.0685. The molecule has 5 heteroatoms. The first-order valence-electron chi connectivity index (χ1n) is 6.01. The Kier molecular flexibility index (Phi) is 4.44. The lowest BCUT2D eigenvalue weighted by Gasteiger charge is -2.24. The third kappa shape index (κ3) is 3.37. The van der Waals surface area contributed by atoms with E-state index >= 15 is 0 Å². The molecule has 0 saturated carbocycles. The maximum absolute atomic E-state index is 11.2. The van der Waals surface area contributed by atoms with Gasteiger partial charge in [-0.05, 0) is 30.5 Å². The van der Waals surface area contributed by atoms with Gasteiger partial charge in [0.05, 0.1) is 18.7 Å². The van der Waals surface area contributed by atoms with E-state index in [0.29, 0.717) is 17.3 Å². The number of methoxy groups -OCH3 is 1. The van der Waals surface area contributed by atoms with E-state index in [-0.39, 0.29) is 11.9 Å². The fourth-order valence-electron chi connectivity index (χ4n) is 2.07. The molecule has 1 unspecified atom stereocenters. The van der Waals surface area contributed by atoms with Gasteiger partial charge in [-0.2, -0.15) is 0 Å². The summed E-state index contributed by atoms with van der Waals surface area (Å²) in [6.45, 7) is 1.25. The van der Waals surface area contributed by atoms with Gasteiger partial charge in [0.15, 0.2) is 0 Å². The lowest BCUT2D eigenvalue weighted by atomic mass is 10.0. The van der Waals surface area contributed by atoms with Crippen molar-refractivity contribution in [2.24, 2.45) is 0 Å². The number of hydrogen-bond acceptors (Lipinski definition) is 3. The Bertz CT molecular complexity index is 437. The molecule has 0 aromatic heterocycles. The molecule has 1 heterocycles. The van der Waals surface area contributed by atoms with Crippen molar-refractivity contribution in [3.8, 4) is 5.75 Å². The minimum atomic E-state index is 0.0685. The summed E-state index contributed by atoms with van der Waals surface area (Å²) in [6.07, 6.45) is 1.79. The Hall–Kier alpha value is -1.26. The number of aryl methyl sites for hydroxylation is 1. The number of carbonyl (C=O) groups excluding carboxylic acids is 1. The van der Waals surface area contributed by atoms with Crippen LogP contribution in [0.1, 0.15) is 12.0 Å². The number of ether oxygens (including phenoxy) is 1. The topological polar surface area (TPSA) is 50.4 Å². The Morgan fingerprint density at radius 3 is 3.00 bits per heavy atom. The van der Waals surface area contributed by atoms with E-state index in [4.69, 9.17) is 16.3 Å². The first kappa shape index (κ1) is 13.2. The molecule has 0 spiro atoms. The van der Waals surface area contributed by atoms with Crippen molar-refractivity contribution in [2.75, 3.05) is 20.2 Å². The van der Waals surface area contributed by atoms with Crippen molar-refractivity contribution >= 4 is 17.5 Å². The molecular formula is C13H17ClN2O2. The Balaban J connectivity index is 1.89. The van der Waals surface area contributed by atoms with Gasteiger partial charge in [0.25, 0.3) is 0 Å². The standard InChI is InChI=1S/C13H17ClN2O2/c1-18-12-5-3-9(6-11(12)14)2-4-10-7-15-8-13(17)16-10/h3,5-6,10,15H,2,4,7-8H2,1H3,(H,16,17). The summed E-state index contributed by atoms with van der Waals surface area (Å²) < 4.78 is 5.11. The number of hydrogen-bond donors (Lipinski definition) is 2. The molecule has 98 valence electrons. The smallest absolute Gasteiger partial charge is 0.234 e. The van der Waals surface area contributed by atoms with Crippen LogP contribution in [-0.2, 0) is 11.2 Å². The lowest BCUT2D eigenvalue weighted by Crippen LogP contribution is -2.52. The van der Waals surface area contributed by atoms with Crippen LogP contribution in [0.2, 0.25) is 5.02 Å². The van der Waals surface area contributed by atoms with Crippen LogP contribution in [-0.4, -0.2) is 32.1 Å². The highest BCUT2D eigenvalue weighted by molar-refractivity contribution is 6.32. The van der Waals surface area contributed by atoms with Crippen LogP contribution in [0.5, 0.6) is 5.75 Å². The van der Waals surface area contributed by atoms with Gasteiger partial charge in [0.2, 0.25) is 5.91 Å². The number of halogens is 1. The highest BCUT2D eigenvalue weighted by Gasteiger charge is 2.17. The molecule has 1 aliphatic heterocycles. The summed E-state index contributed by atoms with van der Waals surface area (Å²) in [7, 11) is 1.60. The zero-order valence-electron chi connectivity index (χ0n) is 10.3. The summed E-state index contributed by atoms with van der Waals surface area (Å²) >= 11 is 6.07. The maximum Gasteiger partial charge on any atom is 0.234 e. The molecule has 1 amide bonds. The lowest BCUT2D eigenvalue weighted by molar-refractivity contribution is -0.122. The van der Waals surface area contributed by atoms with Gasteiger partial charge in [-0.1, -0.05) is 17.7 Å². The first-order chi connectivity index (χ1) is 8.69. The maximum atomic E-state index is 11.2. The molecule has 2 N–H and O–H groups in total. The van der Waals surface area contributed by atoms with Gasteiger partial charge in [-0.15, -0.1) is 0 Å². The van der Waals surface area contributed by atoms with Crippen molar-refractivity contribution in [1.82, 2.24) is 10.6 Å². The van der Waals surface area contributed by atoms with E-state index in [0.717, 1.165) is 24.9 Å². The number of amides is 1. The molecule has 1 aromatic carbocycles. The Labute approximate surface area is 112 Å². The number of piperazine rings is 1. The molecule has 1 aromatic rings. The van der Waals surface area contributed by atoms with E-state index in [1.807, 2.05) is 18.2 Å². The molecule has 1 aliphatic rings.